The molecule has 1 amide bonds. The highest BCUT2D eigenvalue weighted by molar-refractivity contribution is 6.42. The first-order valence-electron chi connectivity index (χ1n) is 7.75. The molecule has 0 unspecified atom stereocenters. The van der Waals surface area contributed by atoms with E-state index in [1.165, 1.54) is 0 Å². The number of rotatable bonds is 6. The summed E-state index contributed by atoms with van der Waals surface area (Å²) in [5.41, 5.74) is 1.12. The van der Waals surface area contributed by atoms with E-state index in [1.54, 1.807) is 0 Å². The third-order valence-electron chi connectivity index (χ3n) is 3.95. The minimum Gasteiger partial charge on any atom is -0.340 e. The molecule has 0 spiro atoms. The summed E-state index contributed by atoms with van der Waals surface area (Å²) in [4.78, 5) is 16.4. The highest BCUT2D eigenvalue weighted by Gasteiger charge is 2.16. The van der Waals surface area contributed by atoms with Crippen LogP contribution in [0.25, 0.3) is 0 Å². The van der Waals surface area contributed by atoms with Crippen LogP contribution in [-0.4, -0.2) is 55.0 Å². The zero-order valence-corrected chi connectivity index (χ0v) is 14.5. The maximum atomic E-state index is 12.2. The Bertz CT molecular complexity index is 504. The second-order valence-corrected chi connectivity index (χ2v) is 6.31. The first-order chi connectivity index (χ1) is 10.6. The summed E-state index contributed by atoms with van der Waals surface area (Å²) in [7, 11) is 0. The summed E-state index contributed by atoms with van der Waals surface area (Å²) in [5.74, 6) is 0.245. The van der Waals surface area contributed by atoms with Gasteiger partial charge in [0.05, 0.1) is 10.0 Å². The lowest BCUT2D eigenvalue weighted by atomic mass is 10.2. The summed E-state index contributed by atoms with van der Waals surface area (Å²) < 4.78 is 0. The molecule has 0 bridgehead atoms. The quantitative estimate of drug-likeness (QED) is 0.862. The molecule has 1 aliphatic heterocycles. The minimum absolute atomic E-state index is 0.245. The molecule has 4 nitrogen and oxygen atoms in total. The van der Waals surface area contributed by atoms with Gasteiger partial charge >= 0.3 is 0 Å². The lowest BCUT2D eigenvalue weighted by Crippen LogP contribution is -2.47. The molecule has 0 atom stereocenters. The van der Waals surface area contributed by atoms with E-state index in [1.807, 2.05) is 23.1 Å². The topological polar surface area (TPSA) is 35.6 Å². The van der Waals surface area contributed by atoms with Crippen LogP contribution in [-0.2, 0) is 11.3 Å². The monoisotopic (exact) mass is 343 g/mol. The second-order valence-electron chi connectivity index (χ2n) is 5.50. The highest BCUT2D eigenvalue weighted by Crippen LogP contribution is 2.23. The SMILES string of the molecule is CCN(CCC(=O)N1CCNCC1)Cc1ccc(Cl)c(Cl)c1. The van der Waals surface area contributed by atoms with E-state index in [4.69, 9.17) is 23.2 Å². The van der Waals surface area contributed by atoms with Gasteiger partial charge in [-0.15, -0.1) is 0 Å². The molecule has 122 valence electrons. The van der Waals surface area contributed by atoms with Crippen LogP contribution in [0.5, 0.6) is 0 Å². The Hall–Kier alpha value is -0.810. The molecule has 1 aromatic rings. The van der Waals surface area contributed by atoms with Crippen molar-refractivity contribution in [3.8, 4) is 0 Å². The fourth-order valence-electron chi connectivity index (χ4n) is 2.57. The summed E-state index contributed by atoms with van der Waals surface area (Å²) in [5, 5.41) is 4.41. The second kappa shape index (κ2) is 8.73. The molecule has 22 heavy (non-hydrogen) atoms. The Balaban J connectivity index is 1.83. The van der Waals surface area contributed by atoms with Gasteiger partial charge in [-0.3, -0.25) is 9.69 Å². The third kappa shape index (κ3) is 5.13. The van der Waals surface area contributed by atoms with Gasteiger partial charge in [0, 0.05) is 45.7 Å². The maximum Gasteiger partial charge on any atom is 0.223 e. The molecule has 1 saturated heterocycles. The van der Waals surface area contributed by atoms with Gasteiger partial charge in [0.2, 0.25) is 5.91 Å². The summed E-state index contributed by atoms with van der Waals surface area (Å²) in [6, 6.07) is 5.69. The number of hydrogen-bond acceptors (Lipinski definition) is 3. The molecule has 0 saturated carbocycles. The Labute approximate surface area is 142 Å². The van der Waals surface area contributed by atoms with E-state index in [9.17, 15) is 4.79 Å². The van der Waals surface area contributed by atoms with Gasteiger partial charge < -0.3 is 10.2 Å². The van der Waals surface area contributed by atoms with Crippen LogP contribution in [0.15, 0.2) is 18.2 Å². The van der Waals surface area contributed by atoms with Crippen LogP contribution in [0.3, 0.4) is 0 Å². The molecule has 1 fully saturated rings. The zero-order chi connectivity index (χ0) is 15.9. The normalized spacial score (nSPS) is 15.4. The molecular formula is C16H23Cl2N3O. The van der Waals surface area contributed by atoms with Crippen LogP contribution < -0.4 is 5.32 Å². The first-order valence-corrected chi connectivity index (χ1v) is 8.50. The summed E-state index contributed by atoms with van der Waals surface area (Å²) >= 11 is 12.0. The fourth-order valence-corrected chi connectivity index (χ4v) is 2.89. The van der Waals surface area contributed by atoms with Crippen molar-refractivity contribution in [2.24, 2.45) is 0 Å². The van der Waals surface area contributed by atoms with E-state index >= 15 is 0 Å². The number of piperazine rings is 1. The van der Waals surface area contributed by atoms with Crippen LogP contribution in [0, 0.1) is 0 Å². The van der Waals surface area contributed by atoms with Gasteiger partial charge in [-0.25, -0.2) is 0 Å². The number of benzene rings is 1. The van der Waals surface area contributed by atoms with Gasteiger partial charge in [0.25, 0.3) is 0 Å². The van der Waals surface area contributed by atoms with Crippen LogP contribution in [0.4, 0.5) is 0 Å². The van der Waals surface area contributed by atoms with Crippen molar-refractivity contribution < 1.29 is 4.79 Å². The molecule has 0 radical (unpaired) electrons. The number of nitrogens with zero attached hydrogens (tertiary/aromatic N) is 2. The van der Waals surface area contributed by atoms with Crippen molar-refractivity contribution in [2.45, 2.75) is 19.9 Å². The Morgan fingerprint density at radius 2 is 2.00 bits per heavy atom. The van der Waals surface area contributed by atoms with Crippen LogP contribution in [0.1, 0.15) is 18.9 Å². The number of carbonyl (C=O) groups excluding carboxylic acids is 1. The maximum absolute atomic E-state index is 12.2. The Kier molecular flexibility index (Phi) is 6.96. The molecular weight excluding hydrogens is 321 g/mol. The average Bonchev–Trinajstić information content (AvgIpc) is 2.55. The smallest absolute Gasteiger partial charge is 0.223 e. The molecule has 1 aromatic carbocycles. The summed E-state index contributed by atoms with van der Waals surface area (Å²) in [6.07, 6.45) is 0.565. The molecule has 6 heteroatoms. The van der Waals surface area contributed by atoms with Crippen molar-refractivity contribution in [3.05, 3.63) is 33.8 Å². The standard InChI is InChI=1S/C16H23Cl2N3O/c1-2-20(12-13-3-4-14(17)15(18)11-13)8-5-16(22)21-9-6-19-7-10-21/h3-4,11,19H,2,5-10,12H2,1H3. The van der Waals surface area contributed by atoms with E-state index < -0.39 is 0 Å². The largest absolute Gasteiger partial charge is 0.340 e. The number of carbonyl (C=O) groups is 1. The highest BCUT2D eigenvalue weighted by atomic mass is 35.5. The van der Waals surface area contributed by atoms with E-state index in [0.717, 1.165) is 51.4 Å². The van der Waals surface area contributed by atoms with Crippen LogP contribution in [0.2, 0.25) is 10.0 Å². The molecule has 1 heterocycles. The van der Waals surface area contributed by atoms with E-state index in [0.29, 0.717) is 16.5 Å². The predicted octanol–water partition coefficient (Wildman–Crippen LogP) is 2.64. The van der Waals surface area contributed by atoms with Gasteiger partial charge in [0.15, 0.2) is 0 Å². The molecule has 2 rings (SSSR count). The lowest BCUT2D eigenvalue weighted by molar-refractivity contribution is -0.132. The van der Waals surface area contributed by atoms with Crippen molar-refractivity contribution >= 4 is 29.1 Å². The fraction of sp³-hybridized carbons (Fsp3) is 0.562. The molecule has 1 N–H and O–H groups in total. The minimum atomic E-state index is 0.245. The Morgan fingerprint density at radius 1 is 1.27 bits per heavy atom. The number of halogens is 2. The third-order valence-corrected chi connectivity index (χ3v) is 4.69. The van der Waals surface area contributed by atoms with Gasteiger partial charge in [-0.05, 0) is 24.2 Å². The zero-order valence-electron chi connectivity index (χ0n) is 12.9. The average molecular weight is 344 g/mol. The van der Waals surface area contributed by atoms with Gasteiger partial charge in [0.1, 0.15) is 0 Å². The van der Waals surface area contributed by atoms with Crippen molar-refractivity contribution in [2.75, 3.05) is 39.3 Å². The first kappa shape index (κ1) is 17.5. The predicted molar refractivity (Wildman–Crippen MR) is 91.5 cm³/mol. The van der Waals surface area contributed by atoms with Crippen molar-refractivity contribution in [1.29, 1.82) is 0 Å². The van der Waals surface area contributed by atoms with Gasteiger partial charge in [-0.1, -0.05) is 36.2 Å². The summed E-state index contributed by atoms with van der Waals surface area (Å²) in [6.45, 7) is 7.97. The molecule has 0 aliphatic carbocycles. The Morgan fingerprint density at radius 3 is 2.64 bits per heavy atom. The number of amides is 1. The number of nitrogens with one attached hydrogen (secondary N) is 1. The molecule has 1 aliphatic rings. The van der Waals surface area contributed by atoms with E-state index in [-0.39, 0.29) is 5.91 Å². The molecule has 0 aromatic heterocycles. The van der Waals surface area contributed by atoms with Crippen molar-refractivity contribution in [3.63, 3.8) is 0 Å². The van der Waals surface area contributed by atoms with E-state index in [2.05, 4.69) is 17.1 Å². The van der Waals surface area contributed by atoms with Gasteiger partial charge in [-0.2, -0.15) is 0 Å². The number of hydrogen-bond donors (Lipinski definition) is 1. The van der Waals surface area contributed by atoms with Crippen LogP contribution >= 0.6 is 23.2 Å². The van der Waals surface area contributed by atoms with Crippen molar-refractivity contribution in [1.82, 2.24) is 15.1 Å². The lowest BCUT2D eigenvalue weighted by Gasteiger charge is -2.28.